The van der Waals surface area contributed by atoms with E-state index in [2.05, 4.69) is 38.6 Å². The Hall–Kier alpha value is -2.92. The molecule has 1 fully saturated rings. The minimum Gasteiger partial charge on any atom is -0.497 e. The van der Waals surface area contributed by atoms with Gasteiger partial charge in [0.15, 0.2) is 0 Å². The molecule has 0 saturated carbocycles. The van der Waals surface area contributed by atoms with Crippen LogP contribution in [0, 0.1) is 11.3 Å². The molecule has 0 amide bonds. The van der Waals surface area contributed by atoms with Gasteiger partial charge >= 0.3 is 0 Å². The molecule has 3 aromatic rings. The normalized spacial score (nSPS) is 14.7. The molecule has 0 bridgehead atoms. The van der Waals surface area contributed by atoms with Crippen molar-refractivity contribution in [3.05, 3.63) is 54.4 Å². The van der Waals surface area contributed by atoms with Crippen molar-refractivity contribution in [3.8, 4) is 17.5 Å². The molecule has 2 heterocycles. The molecule has 7 heteroatoms. The number of fused-ring (bicyclic) bond motifs is 1. The van der Waals surface area contributed by atoms with Crippen molar-refractivity contribution >= 4 is 11.0 Å². The Kier molecular flexibility index (Phi) is 7.15. The number of hydrogen-bond donors (Lipinski definition) is 0. The molecule has 0 N–H and O–H groups in total. The van der Waals surface area contributed by atoms with Gasteiger partial charge in [0.2, 0.25) is 0 Å². The highest BCUT2D eigenvalue weighted by atomic mass is 16.5. The van der Waals surface area contributed by atoms with Crippen LogP contribution in [0.15, 0.2) is 48.5 Å². The topological polar surface area (TPSA) is 66.5 Å². The summed E-state index contributed by atoms with van der Waals surface area (Å²) in [6, 6.07) is 18.6. The van der Waals surface area contributed by atoms with Crippen molar-refractivity contribution in [2.45, 2.75) is 13.0 Å². The van der Waals surface area contributed by atoms with E-state index in [-0.39, 0.29) is 0 Å². The van der Waals surface area contributed by atoms with E-state index in [1.54, 1.807) is 7.11 Å². The maximum Gasteiger partial charge on any atom is 0.128 e. The first kappa shape index (κ1) is 21.3. The van der Waals surface area contributed by atoms with E-state index in [0.29, 0.717) is 13.0 Å². The van der Waals surface area contributed by atoms with E-state index in [1.807, 2.05) is 30.3 Å². The number of methoxy groups -OCH3 is 1. The molecule has 1 aromatic heterocycles. The van der Waals surface area contributed by atoms with Gasteiger partial charge < -0.3 is 9.47 Å². The van der Waals surface area contributed by atoms with Gasteiger partial charge in [-0.05, 0) is 36.4 Å². The Morgan fingerprint density at radius 2 is 1.87 bits per heavy atom. The monoisotopic (exact) mass is 419 g/mol. The number of aromatic nitrogens is 2. The Bertz CT molecular complexity index is 1020. The average molecular weight is 420 g/mol. The molecule has 1 aliphatic rings. The number of hydrogen-bond acceptors (Lipinski definition) is 6. The molecule has 0 atom stereocenters. The van der Waals surface area contributed by atoms with E-state index in [0.717, 1.165) is 74.2 Å². The molecule has 1 saturated heterocycles. The number of nitriles is 1. The second kappa shape index (κ2) is 10.4. The fourth-order valence-electron chi connectivity index (χ4n) is 3.99. The number of morpholine rings is 1. The zero-order valence-corrected chi connectivity index (χ0v) is 18.0. The molecule has 4 rings (SSSR count). The smallest absolute Gasteiger partial charge is 0.128 e. The Balaban J connectivity index is 1.60. The molecule has 7 nitrogen and oxygen atoms in total. The largest absolute Gasteiger partial charge is 0.497 e. The first-order valence-electron chi connectivity index (χ1n) is 10.8. The molecule has 31 heavy (non-hydrogen) atoms. The quantitative estimate of drug-likeness (QED) is 0.531. The highest BCUT2D eigenvalue weighted by molar-refractivity contribution is 5.78. The lowest BCUT2D eigenvalue weighted by molar-refractivity contribution is 0.0329. The van der Waals surface area contributed by atoms with Crippen LogP contribution in [0.4, 0.5) is 0 Å². The van der Waals surface area contributed by atoms with Gasteiger partial charge in [0, 0.05) is 44.8 Å². The number of nitrogens with zero attached hydrogens (tertiary/aromatic N) is 5. The molecule has 0 unspecified atom stereocenters. The first-order valence-corrected chi connectivity index (χ1v) is 10.8. The minimum absolute atomic E-state index is 0.506. The number of benzene rings is 2. The van der Waals surface area contributed by atoms with E-state index < -0.39 is 0 Å². The van der Waals surface area contributed by atoms with Gasteiger partial charge in [-0.25, -0.2) is 4.98 Å². The van der Waals surface area contributed by atoms with E-state index >= 15 is 0 Å². The van der Waals surface area contributed by atoms with Gasteiger partial charge in [-0.2, -0.15) is 5.26 Å². The summed E-state index contributed by atoms with van der Waals surface area (Å²) in [5.74, 6) is 1.81. The van der Waals surface area contributed by atoms with Crippen LogP contribution in [0.5, 0.6) is 5.75 Å². The summed E-state index contributed by atoms with van der Waals surface area (Å²) in [6.07, 6.45) is 0.506. The average Bonchev–Trinajstić information content (AvgIpc) is 3.19. The van der Waals surface area contributed by atoms with Gasteiger partial charge in [0.1, 0.15) is 11.6 Å². The highest BCUT2D eigenvalue weighted by Gasteiger charge is 2.17. The SMILES string of the molecule is COc1ccc(-n2c(CN(CCC#N)CCN3CCOCC3)nc3ccccc32)cc1. The van der Waals surface area contributed by atoms with Crippen LogP contribution >= 0.6 is 0 Å². The third-order valence-electron chi connectivity index (χ3n) is 5.70. The Labute approximate surface area is 183 Å². The van der Waals surface area contributed by atoms with Crippen LogP contribution in [0.2, 0.25) is 0 Å². The number of imidazole rings is 1. The molecule has 162 valence electrons. The summed E-state index contributed by atoms with van der Waals surface area (Å²) in [6.45, 7) is 6.81. The van der Waals surface area contributed by atoms with Crippen LogP contribution in [0.1, 0.15) is 12.2 Å². The van der Waals surface area contributed by atoms with Crippen molar-refractivity contribution in [3.63, 3.8) is 0 Å². The van der Waals surface area contributed by atoms with E-state index in [9.17, 15) is 0 Å². The second-order valence-corrected chi connectivity index (χ2v) is 7.69. The first-order chi connectivity index (χ1) is 15.3. The fourth-order valence-corrected chi connectivity index (χ4v) is 3.99. The van der Waals surface area contributed by atoms with Gasteiger partial charge in [0.25, 0.3) is 0 Å². The molecular formula is C24H29N5O2. The third kappa shape index (κ3) is 5.23. The van der Waals surface area contributed by atoms with Crippen molar-refractivity contribution in [1.29, 1.82) is 5.26 Å². The maximum absolute atomic E-state index is 9.16. The molecule has 2 aromatic carbocycles. The van der Waals surface area contributed by atoms with Crippen molar-refractivity contribution in [1.82, 2.24) is 19.4 Å². The highest BCUT2D eigenvalue weighted by Crippen LogP contribution is 2.24. The predicted octanol–water partition coefficient (Wildman–Crippen LogP) is 3.08. The van der Waals surface area contributed by atoms with Gasteiger partial charge in [-0.15, -0.1) is 0 Å². The zero-order valence-electron chi connectivity index (χ0n) is 18.0. The summed E-state index contributed by atoms with van der Waals surface area (Å²) in [4.78, 5) is 9.71. The summed E-state index contributed by atoms with van der Waals surface area (Å²) in [5, 5.41) is 9.16. The lowest BCUT2D eigenvalue weighted by Gasteiger charge is -2.29. The van der Waals surface area contributed by atoms with Crippen LogP contribution in [-0.4, -0.2) is 72.4 Å². The summed E-state index contributed by atoms with van der Waals surface area (Å²) in [7, 11) is 1.68. The lowest BCUT2D eigenvalue weighted by atomic mass is 10.2. The van der Waals surface area contributed by atoms with Gasteiger partial charge in [0.05, 0.1) is 44.0 Å². The maximum atomic E-state index is 9.16. The van der Waals surface area contributed by atoms with E-state index in [4.69, 9.17) is 19.7 Å². The zero-order chi connectivity index (χ0) is 21.5. The molecular weight excluding hydrogens is 390 g/mol. The summed E-state index contributed by atoms with van der Waals surface area (Å²) < 4.78 is 13.0. The van der Waals surface area contributed by atoms with Gasteiger partial charge in [-0.1, -0.05) is 12.1 Å². The number of para-hydroxylation sites is 2. The Morgan fingerprint density at radius 3 is 2.61 bits per heavy atom. The molecule has 1 aliphatic heterocycles. The van der Waals surface area contributed by atoms with E-state index in [1.165, 1.54) is 0 Å². The van der Waals surface area contributed by atoms with Crippen LogP contribution in [0.25, 0.3) is 16.7 Å². The molecule has 0 aliphatic carbocycles. The van der Waals surface area contributed by atoms with Crippen molar-refractivity contribution < 1.29 is 9.47 Å². The molecule has 0 spiro atoms. The molecule has 0 radical (unpaired) electrons. The lowest BCUT2D eigenvalue weighted by Crippen LogP contribution is -2.41. The fraction of sp³-hybridized carbons (Fsp3) is 0.417. The third-order valence-corrected chi connectivity index (χ3v) is 5.70. The number of ether oxygens (including phenoxy) is 2. The van der Waals surface area contributed by atoms with Crippen LogP contribution in [-0.2, 0) is 11.3 Å². The van der Waals surface area contributed by atoms with Crippen LogP contribution in [0.3, 0.4) is 0 Å². The minimum atomic E-state index is 0.506. The Morgan fingerprint density at radius 1 is 1.10 bits per heavy atom. The standard InChI is InChI=1S/C24H29N5O2/c1-30-21-9-7-20(8-10-21)29-23-6-3-2-5-22(23)26-24(29)19-28(12-4-11-25)14-13-27-15-17-31-18-16-27/h2-3,5-10H,4,12-19H2,1H3. The summed E-state index contributed by atoms with van der Waals surface area (Å²) in [5.41, 5.74) is 3.11. The van der Waals surface area contributed by atoms with Crippen molar-refractivity contribution in [2.24, 2.45) is 0 Å². The predicted molar refractivity (Wildman–Crippen MR) is 120 cm³/mol. The van der Waals surface area contributed by atoms with Crippen molar-refractivity contribution in [2.75, 3.05) is 53.0 Å². The van der Waals surface area contributed by atoms with Gasteiger partial charge in [-0.3, -0.25) is 14.4 Å². The second-order valence-electron chi connectivity index (χ2n) is 7.69. The summed E-state index contributed by atoms with van der Waals surface area (Å²) >= 11 is 0. The number of rotatable bonds is 9. The van der Waals surface area contributed by atoms with Crippen LogP contribution < -0.4 is 4.74 Å².